The van der Waals surface area contributed by atoms with E-state index in [-0.39, 0.29) is 12.6 Å². The Morgan fingerprint density at radius 3 is 2.47 bits per heavy atom. The van der Waals surface area contributed by atoms with Gasteiger partial charge in [0.1, 0.15) is 12.4 Å². The number of aromatic nitrogens is 2. The highest BCUT2D eigenvalue weighted by atomic mass is 19.4. The number of rotatable bonds is 6. The molecule has 0 spiro atoms. The summed E-state index contributed by atoms with van der Waals surface area (Å²) in [5.41, 5.74) is 0. The minimum absolute atomic E-state index is 0.116. The van der Waals surface area contributed by atoms with Crippen molar-refractivity contribution in [1.82, 2.24) is 14.5 Å². The van der Waals surface area contributed by atoms with Crippen LogP contribution in [-0.4, -0.2) is 44.4 Å². The van der Waals surface area contributed by atoms with Gasteiger partial charge in [0.05, 0.1) is 12.6 Å². The summed E-state index contributed by atoms with van der Waals surface area (Å²) in [6, 6.07) is 0.116. The molecule has 4 nitrogen and oxygen atoms in total. The Balaban J connectivity index is 2.77. The first kappa shape index (κ1) is 16.0. The van der Waals surface area contributed by atoms with Crippen molar-refractivity contribution in [2.75, 3.05) is 6.54 Å². The molecule has 1 heterocycles. The normalized spacial score (nSPS) is 14.4. The minimum atomic E-state index is -4.26. The predicted molar refractivity (Wildman–Crippen MR) is 65.5 cm³/mol. The van der Waals surface area contributed by atoms with E-state index in [1.54, 1.807) is 6.92 Å². The molecule has 0 saturated carbocycles. The smallest absolute Gasteiger partial charge is 0.392 e. The third-order valence-electron chi connectivity index (χ3n) is 2.72. The average molecular weight is 279 g/mol. The molecule has 1 N–H and O–H groups in total. The fraction of sp³-hybridized carbons (Fsp3) is 0.750. The quantitative estimate of drug-likeness (QED) is 0.866. The molecule has 1 aromatic rings. The van der Waals surface area contributed by atoms with Crippen molar-refractivity contribution in [2.45, 2.75) is 52.2 Å². The van der Waals surface area contributed by atoms with Crippen LogP contribution >= 0.6 is 0 Å². The van der Waals surface area contributed by atoms with Crippen LogP contribution in [0.5, 0.6) is 0 Å². The highest BCUT2D eigenvalue weighted by molar-refractivity contribution is 4.93. The van der Waals surface area contributed by atoms with E-state index in [4.69, 9.17) is 0 Å². The molecule has 0 aliphatic carbocycles. The molecule has 1 rings (SSSR count). The summed E-state index contributed by atoms with van der Waals surface area (Å²) in [6.45, 7) is 5.15. The number of aliphatic hydroxyl groups excluding tert-OH is 1. The molecular weight excluding hydrogens is 259 g/mol. The van der Waals surface area contributed by atoms with Crippen molar-refractivity contribution in [3.63, 3.8) is 0 Å². The Morgan fingerprint density at radius 1 is 1.37 bits per heavy atom. The second-order valence-electron chi connectivity index (χ2n) is 4.96. The molecule has 19 heavy (non-hydrogen) atoms. The molecule has 0 amide bonds. The number of halogens is 3. The van der Waals surface area contributed by atoms with Crippen LogP contribution in [0.3, 0.4) is 0 Å². The number of alkyl halides is 3. The van der Waals surface area contributed by atoms with Gasteiger partial charge in [-0.25, -0.2) is 4.98 Å². The van der Waals surface area contributed by atoms with Crippen LogP contribution in [0.2, 0.25) is 0 Å². The maximum atomic E-state index is 12.4. The minimum Gasteiger partial charge on any atom is -0.392 e. The third kappa shape index (κ3) is 5.61. The van der Waals surface area contributed by atoms with Crippen LogP contribution < -0.4 is 0 Å². The number of hydrogen-bond donors (Lipinski definition) is 1. The lowest BCUT2D eigenvalue weighted by molar-refractivity contribution is -0.141. The molecule has 1 atom stereocenters. The topological polar surface area (TPSA) is 41.3 Å². The van der Waals surface area contributed by atoms with Crippen LogP contribution in [0.15, 0.2) is 12.4 Å². The summed E-state index contributed by atoms with van der Waals surface area (Å²) in [5, 5.41) is 9.41. The van der Waals surface area contributed by atoms with Crippen molar-refractivity contribution in [2.24, 2.45) is 0 Å². The molecule has 1 aromatic heterocycles. The summed E-state index contributed by atoms with van der Waals surface area (Å²) in [5.74, 6) is 0.353. The van der Waals surface area contributed by atoms with E-state index in [0.717, 1.165) is 4.57 Å². The number of nitrogens with zero attached hydrogens (tertiary/aromatic N) is 3. The van der Waals surface area contributed by atoms with Crippen molar-refractivity contribution >= 4 is 0 Å². The van der Waals surface area contributed by atoms with E-state index in [1.807, 2.05) is 18.7 Å². The van der Waals surface area contributed by atoms with Gasteiger partial charge in [-0.1, -0.05) is 0 Å². The Morgan fingerprint density at radius 2 is 2.00 bits per heavy atom. The van der Waals surface area contributed by atoms with Gasteiger partial charge in [0.25, 0.3) is 0 Å². The van der Waals surface area contributed by atoms with Crippen LogP contribution in [0, 0.1) is 0 Å². The second kappa shape index (κ2) is 6.38. The third-order valence-corrected chi connectivity index (χ3v) is 2.72. The zero-order chi connectivity index (χ0) is 14.6. The lowest BCUT2D eigenvalue weighted by atomic mass is 10.2. The molecular formula is C12H20F3N3O. The first-order valence-corrected chi connectivity index (χ1v) is 6.18. The summed E-state index contributed by atoms with van der Waals surface area (Å²) < 4.78 is 38.3. The Bertz CT molecular complexity index is 388. The van der Waals surface area contributed by atoms with E-state index in [1.165, 1.54) is 12.4 Å². The molecule has 0 saturated heterocycles. The van der Waals surface area contributed by atoms with Crippen LogP contribution in [0.25, 0.3) is 0 Å². The monoisotopic (exact) mass is 279 g/mol. The van der Waals surface area contributed by atoms with E-state index < -0.39 is 18.8 Å². The van der Waals surface area contributed by atoms with Crippen LogP contribution in [0.1, 0.15) is 26.6 Å². The number of aliphatic hydroxyl groups is 1. The average Bonchev–Trinajstić information content (AvgIpc) is 2.61. The summed E-state index contributed by atoms with van der Waals surface area (Å²) in [6.07, 6.45) is -2.11. The van der Waals surface area contributed by atoms with E-state index in [0.29, 0.717) is 12.4 Å². The molecule has 7 heteroatoms. The lowest BCUT2D eigenvalue weighted by Gasteiger charge is -2.27. The zero-order valence-corrected chi connectivity index (χ0v) is 11.4. The van der Waals surface area contributed by atoms with Crippen molar-refractivity contribution in [1.29, 1.82) is 0 Å². The van der Waals surface area contributed by atoms with Gasteiger partial charge >= 0.3 is 6.18 Å². The molecule has 0 unspecified atom stereocenters. The fourth-order valence-electron chi connectivity index (χ4n) is 1.81. The second-order valence-corrected chi connectivity index (χ2v) is 4.96. The Labute approximate surface area is 110 Å². The number of imidazole rings is 1. The van der Waals surface area contributed by atoms with E-state index in [2.05, 4.69) is 4.98 Å². The largest absolute Gasteiger partial charge is 0.406 e. The van der Waals surface area contributed by atoms with Crippen molar-refractivity contribution in [3.8, 4) is 0 Å². The Hall–Kier alpha value is -1.08. The van der Waals surface area contributed by atoms with Gasteiger partial charge < -0.3 is 9.67 Å². The highest BCUT2D eigenvalue weighted by Gasteiger charge is 2.29. The maximum Gasteiger partial charge on any atom is 0.406 e. The van der Waals surface area contributed by atoms with Gasteiger partial charge in [0.15, 0.2) is 0 Å². The summed E-state index contributed by atoms with van der Waals surface area (Å²) >= 11 is 0. The Kier molecular flexibility index (Phi) is 5.37. The van der Waals surface area contributed by atoms with E-state index in [9.17, 15) is 18.3 Å². The van der Waals surface area contributed by atoms with Gasteiger partial charge in [-0.3, -0.25) is 4.90 Å². The predicted octanol–water partition coefficient (Wildman–Crippen LogP) is 2.04. The summed E-state index contributed by atoms with van der Waals surface area (Å²) in [4.78, 5) is 5.86. The van der Waals surface area contributed by atoms with Gasteiger partial charge in [-0.2, -0.15) is 13.2 Å². The lowest BCUT2D eigenvalue weighted by Crippen LogP contribution is -2.37. The molecule has 0 bridgehead atoms. The van der Waals surface area contributed by atoms with Crippen LogP contribution in [-0.2, 0) is 13.1 Å². The molecule has 0 radical (unpaired) electrons. The fourth-order valence-corrected chi connectivity index (χ4v) is 1.81. The highest BCUT2D eigenvalue weighted by Crippen LogP contribution is 2.19. The first-order chi connectivity index (χ1) is 8.69. The first-order valence-electron chi connectivity index (χ1n) is 6.18. The van der Waals surface area contributed by atoms with Gasteiger partial charge in [0.2, 0.25) is 0 Å². The summed E-state index contributed by atoms with van der Waals surface area (Å²) in [7, 11) is 0. The van der Waals surface area contributed by atoms with Crippen LogP contribution in [0.4, 0.5) is 13.2 Å². The van der Waals surface area contributed by atoms with Crippen molar-refractivity contribution < 1.29 is 18.3 Å². The van der Waals surface area contributed by atoms with Gasteiger partial charge in [-0.15, -0.1) is 0 Å². The molecule has 0 fully saturated rings. The van der Waals surface area contributed by atoms with Gasteiger partial charge in [0, 0.05) is 25.0 Å². The maximum absolute atomic E-state index is 12.4. The van der Waals surface area contributed by atoms with Gasteiger partial charge in [-0.05, 0) is 20.8 Å². The molecule has 110 valence electrons. The molecule has 0 aliphatic rings. The molecule has 0 aromatic carbocycles. The van der Waals surface area contributed by atoms with E-state index >= 15 is 0 Å². The SMILES string of the molecule is CC(C)N(Cc1nccn1CC(F)(F)F)C[C@@H](C)O. The molecule has 0 aliphatic heterocycles. The standard InChI is InChI=1S/C12H20F3N3O/c1-9(2)18(6-10(3)19)7-11-16-4-5-17(11)8-12(13,14)15/h4-5,9-10,19H,6-8H2,1-3H3/t10-/m1/s1. The number of hydrogen-bond acceptors (Lipinski definition) is 3. The zero-order valence-electron chi connectivity index (χ0n) is 11.4. The van der Waals surface area contributed by atoms with Crippen molar-refractivity contribution in [3.05, 3.63) is 18.2 Å².